The van der Waals surface area contributed by atoms with Crippen molar-refractivity contribution in [3.05, 3.63) is 91.7 Å². The summed E-state index contributed by atoms with van der Waals surface area (Å²) in [5.74, 6) is 0.339. The number of benzene rings is 3. The molecule has 0 saturated heterocycles. The molecule has 0 spiro atoms. The molecule has 0 bridgehead atoms. The molecule has 230 valence electrons. The smallest absolute Gasteiger partial charge is 0.184 e. The van der Waals surface area contributed by atoms with Crippen LogP contribution in [0.15, 0.2) is 58.3 Å². The molecule has 4 heteroatoms. The Morgan fingerprint density at radius 2 is 0.721 bits per heavy atom. The van der Waals surface area contributed by atoms with E-state index in [2.05, 4.69) is 163 Å². The quantitative estimate of drug-likeness (QED) is 0.215. The van der Waals surface area contributed by atoms with Gasteiger partial charge < -0.3 is 14.7 Å². The predicted octanol–water partition coefficient (Wildman–Crippen LogP) is 7.05. The highest BCUT2D eigenvalue weighted by molar-refractivity contribution is 7.18. The molecule has 1 atom stereocenters. The fourth-order valence-electron chi connectivity index (χ4n) is 8.29. The van der Waals surface area contributed by atoms with Crippen molar-refractivity contribution in [2.75, 3.05) is 57.0 Å². The van der Waals surface area contributed by atoms with E-state index in [9.17, 15) is 0 Å². The van der Waals surface area contributed by atoms with Crippen molar-refractivity contribution >= 4 is 40.7 Å². The molecule has 43 heavy (non-hydrogen) atoms. The van der Waals surface area contributed by atoms with Crippen molar-refractivity contribution in [3.63, 3.8) is 0 Å². The zero-order chi connectivity index (χ0) is 32.3. The monoisotopic (exact) mass is 593 g/mol. The maximum Gasteiger partial charge on any atom is 0.184 e. The van der Waals surface area contributed by atoms with E-state index in [0.717, 1.165) is 0 Å². The van der Waals surface area contributed by atoms with Crippen LogP contribution in [0.1, 0.15) is 61.1 Å². The van der Waals surface area contributed by atoms with Crippen LogP contribution in [0.5, 0.6) is 0 Å². The molecule has 3 aromatic carbocycles. The van der Waals surface area contributed by atoms with Crippen molar-refractivity contribution in [1.29, 1.82) is 0 Å². The van der Waals surface area contributed by atoms with Gasteiger partial charge in [-0.1, -0.05) is 59.7 Å². The van der Waals surface area contributed by atoms with Crippen LogP contribution in [0.2, 0.25) is 0 Å². The van der Waals surface area contributed by atoms with Crippen molar-refractivity contribution in [2.24, 2.45) is 5.92 Å². The molecule has 3 nitrogen and oxygen atoms in total. The van der Waals surface area contributed by atoms with Crippen LogP contribution in [-0.2, 0) is 0 Å². The van der Waals surface area contributed by atoms with Crippen LogP contribution in [-0.4, -0.2) is 50.4 Å². The molecule has 0 aliphatic heterocycles. The van der Waals surface area contributed by atoms with Gasteiger partial charge in [-0.05, 0) is 123 Å². The largest absolute Gasteiger partial charge is 0.377 e. The maximum atomic E-state index is 2.48. The van der Waals surface area contributed by atoms with E-state index >= 15 is 0 Å². The molecule has 0 N–H and O–H groups in total. The van der Waals surface area contributed by atoms with Crippen LogP contribution in [0, 0.1) is 47.5 Å². The lowest BCUT2D eigenvalue weighted by atomic mass is 10.1. The first kappa shape index (κ1) is 32.7. The average Bonchev–Trinajstić information content (AvgIpc) is 3.11. The van der Waals surface area contributed by atoms with Crippen LogP contribution in [0.3, 0.4) is 0 Å². The molecule has 1 aliphatic rings. The molecular formula is C39H55N3Si. The fraction of sp³-hybridized carbons (Fsp3) is 0.436. The molecule has 0 fully saturated rings. The predicted molar refractivity (Wildman–Crippen MR) is 196 cm³/mol. The molecule has 4 rings (SSSR count). The van der Waals surface area contributed by atoms with Gasteiger partial charge in [-0.15, -0.1) is 0 Å². The molecular weight excluding hydrogens is 539 g/mol. The SMILES string of the molecule is CC1=C(C)C(C)C([Si](c2c(C)ccc(C)c2N(C)C)(c2c(C)ccc(C)c2N(C)C)c2c(C)ccc(C)c2N(C)C)=C1C. The highest BCUT2D eigenvalue weighted by atomic mass is 28.3. The van der Waals surface area contributed by atoms with Gasteiger partial charge in [0.15, 0.2) is 8.07 Å². The number of aryl methyl sites for hydroxylation is 6. The van der Waals surface area contributed by atoms with Crippen LogP contribution < -0.4 is 30.3 Å². The zero-order valence-electron chi connectivity index (χ0n) is 29.9. The standard InChI is InChI=1S/C39H55N3Si/c1-23-17-20-26(4)36(33(23)40(11)12)43(39-31(9)29(7)30(8)32(39)10,37-27(5)21-18-24(2)34(37)41(13)14)38-28(6)22-19-25(3)35(38)42(15)16/h17-22,31H,1-16H3. The lowest BCUT2D eigenvalue weighted by molar-refractivity contribution is 0.851. The van der Waals surface area contributed by atoms with Gasteiger partial charge in [0, 0.05) is 59.3 Å². The second-order valence-electron chi connectivity index (χ2n) is 13.8. The zero-order valence-corrected chi connectivity index (χ0v) is 30.9. The number of hydrogen-bond donors (Lipinski definition) is 0. The Balaban J connectivity index is 2.58. The molecule has 0 radical (unpaired) electrons. The van der Waals surface area contributed by atoms with E-state index in [0.29, 0.717) is 5.92 Å². The topological polar surface area (TPSA) is 9.72 Å². The van der Waals surface area contributed by atoms with Crippen molar-refractivity contribution in [2.45, 2.75) is 69.2 Å². The van der Waals surface area contributed by atoms with Gasteiger partial charge in [0.2, 0.25) is 0 Å². The second-order valence-corrected chi connectivity index (χ2v) is 17.3. The summed E-state index contributed by atoms with van der Waals surface area (Å²) in [6.07, 6.45) is 0. The molecule has 0 heterocycles. The Hall–Kier alpha value is -3.24. The first-order chi connectivity index (χ1) is 20.0. The third-order valence-corrected chi connectivity index (χ3v) is 16.0. The normalized spacial score (nSPS) is 15.5. The summed E-state index contributed by atoms with van der Waals surface area (Å²) in [7, 11) is 10.4. The van der Waals surface area contributed by atoms with Crippen molar-refractivity contribution < 1.29 is 0 Å². The van der Waals surface area contributed by atoms with Gasteiger partial charge in [-0.3, -0.25) is 0 Å². The maximum absolute atomic E-state index is 3.04. The summed E-state index contributed by atoms with van der Waals surface area (Å²) in [6.45, 7) is 23.6. The minimum Gasteiger partial charge on any atom is -0.377 e. The number of allylic oxidation sites excluding steroid dienone is 4. The number of anilines is 3. The molecule has 0 saturated carbocycles. The molecule has 1 aliphatic carbocycles. The van der Waals surface area contributed by atoms with Gasteiger partial charge in [0.25, 0.3) is 0 Å². The lowest BCUT2D eigenvalue weighted by Gasteiger charge is -2.46. The Morgan fingerprint density at radius 1 is 0.442 bits per heavy atom. The van der Waals surface area contributed by atoms with Gasteiger partial charge in [-0.2, -0.15) is 0 Å². The van der Waals surface area contributed by atoms with E-state index in [-0.39, 0.29) is 0 Å². The van der Waals surface area contributed by atoms with Gasteiger partial charge in [0.05, 0.1) is 0 Å². The molecule has 1 unspecified atom stereocenters. The minimum absolute atomic E-state index is 0.339. The van der Waals surface area contributed by atoms with Gasteiger partial charge in [0.1, 0.15) is 0 Å². The van der Waals surface area contributed by atoms with Crippen LogP contribution in [0.25, 0.3) is 0 Å². The molecule has 3 aromatic rings. The Bertz CT molecular complexity index is 1500. The number of nitrogens with zero attached hydrogens (tertiary/aromatic N) is 3. The summed E-state index contributed by atoms with van der Waals surface area (Å²) < 4.78 is 0. The molecule has 0 aromatic heterocycles. The number of rotatable bonds is 7. The first-order valence-corrected chi connectivity index (χ1v) is 17.7. The average molecular weight is 594 g/mol. The number of hydrogen-bond acceptors (Lipinski definition) is 3. The van der Waals surface area contributed by atoms with Gasteiger partial charge in [-0.25, -0.2) is 0 Å². The Kier molecular flexibility index (Phi) is 8.88. The summed E-state index contributed by atoms with van der Waals surface area (Å²) in [4.78, 5) is 7.18. The summed E-state index contributed by atoms with van der Waals surface area (Å²) >= 11 is 0. The van der Waals surface area contributed by atoms with E-state index in [1.807, 2.05) is 0 Å². The molecule has 0 amide bonds. The van der Waals surface area contributed by atoms with Crippen molar-refractivity contribution in [1.82, 2.24) is 0 Å². The highest BCUT2D eigenvalue weighted by Gasteiger charge is 2.54. The fourth-order valence-corrected chi connectivity index (χ4v) is 15.8. The first-order valence-electron chi connectivity index (χ1n) is 15.7. The highest BCUT2D eigenvalue weighted by Crippen LogP contribution is 2.45. The summed E-state index contributed by atoms with van der Waals surface area (Å²) in [6, 6.07) is 14.2. The van der Waals surface area contributed by atoms with Crippen LogP contribution in [0.4, 0.5) is 17.1 Å². The van der Waals surface area contributed by atoms with E-state index in [1.165, 1.54) is 82.7 Å². The lowest BCUT2D eigenvalue weighted by Crippen LogP contribution is -2.73. The minimum atomic E-state index is -3.04. The Morgan fingerprint density at radius 3 is 0.953 bits per heavy atom. The van der Waals surface area contributed by atoms with Crippen LogP contribution >= 0.6 is 0 Å². The van der Waals surface area contributed by atoms with E-state index < -0.39 is 8.07 Å². The summed E-state index contributed by atoms with van der Waals surface area (Å²) in [5, 5.41) is 6.26. The Labute approximate surface area is 263 Å². The van der Waals surface area contributed by atoms with Gasteiger partial charge >= 0.3 is 0 Å². The summed E-state index contributed by atoms with van der Waals surface area (Å²) in [5.41, 5.74) is 16.7. The third-order valence-electron chi connectivity index (χ3n) is 10.3. The second kappa shape index (κ2) is 11.7. The van der Waals surface area contributed by atoms with E-state index in [1.54, 1.807) is 5.20 Å². The van der Waals surface area contributed by atoms with E-state index in [4.69, 9.17) is 0 Å². The third kappa shape index (κ3) is 4.86. The van der Waals surface area contributed by atoms with Crippen molar-refractivity contribution in [3.8, 4) is 0 Å².